The van der Waals surface area contributed by atoms with E-state index in [1.807, 2.05) is 0 Å². The van der Waals surface area contributed by atoms with E-state index < -0.39 is 38.4 Å². The third kappa shape index (κ3) is 7.23. The number of nitrogens with zero attached hydrogens (tertiary/aromatic N) is 2. The fraction of sp³-hybridized carbons (Fsp3) is 0.120. The summed E-state index contributed by atoms with van der Waals surface area (Å²) in [5, 5.41) is 11.7. The molecular weight excluding hydrogens is 614 g/mol. The Labute approximate surface area is 243 Å². The number of rotatable bonds is 9. The van der Waals surface area contributed by atoms with E-state index in [2.05, 4.69) is 4.98 Å². The highest BCUT2D eigenvalue weighted by molar-refractivity contribution is 7.85. The van der Waals surface area contributed by atoms with Gasteiger partial charge in [-0.2, -0.15) is 8.42 Å². The van der Waals surface area contributed by atoms with Gasteiger partial charge >= 0.3 is 12.0 Å². The van der Waals surface area contributed by atoms with Crippen molar-refractivity contribution < 1.29 is 32.3 Å². The minimum Gasteiger partial charge on any atom is -0.507 e. The number of benzene rings is 3. The molecule has 1 heterocycles. The van der Waals surface area contributed by atoms with Crippen LogP contribution in [-0.4, -0.2) is 33.6 Å². The predicted molar refractivity (Wildman–Crippen MR) is 146 cm³/mol. The Morgan fingerprint density at radius 2 is 1.67 bits per heavy atom. The van der Waals surface area contributed by atoms with E-state index in [1.165, 1.54) is 17.0 Å². The molecule has 0 aliphatic rings. The summed E-state index contributed by atoms with van der Waals surface area (Å²) in [6, 6.07) is 12.4. The van der Waals surface area contributed by atoms with E-state index in [4.69, 9.17) is 55.9 Å². The summed E-state index contributed by atoms with van der Waals surface area (Å²) in [6.07, 6.45) is 2.18. The smallest absolute Gasteiger partial charge is 0.349 e. The van der Waals surface area contributed by atoms with Crippen LogP contribution in [0.15, 0.2) is 71.9 Å². The van der Waals surface area contributed by atoms with E-state index in [0.29, 0.717) is 31.2 Å². The molecule has 0 fully saturated rings. The Morgan fingerprint density at radius 3 is 2.33 bits per heavy atom. The van der Waals surface area contributed by atoms with E-state index in [-0.39, 0.29) is 19.2 Å². The normalized spacial score (nSPS) is 12.3. The summed E-state index contributed by atoms with van der Waals surface area (Å²) in [5.74, 6) is -1.67. The summed E-state index contributed by atoms with van der Waals surface area (Å²) < 4.78 is 45.1. The lowest BCUT2D eigenvalue weighted by Gasteiger charge is -2.21. The van der Waals surface area contributed by atoms with Crippen LogP contribution in [0.4, 0.5) is 0 Å². The van der Waals surface area contributed by atoms with Gasteiger partial charge in [0.25, 0.3) is 10.1 Å². The second-order valence-electron chi connectivity index (χ2n) is 8.11. The van der Waals surface area contributed by atoms with Gasteiger partial charge in [0, 0.05) is 38.0 Å². The summed E-state index contributed by atoms with van der Waals surface area (Å²) in [7, 11) is -4.63. The van der Waals surface area contributed by atoms with E-state index in [1.54, 1.807) is 36.4 Å². The van der Waals surface area contributed by atoms with Gasteiger partial charge in [-0.25, -0.2) is 9.78 Å². The van der Waals surface area contributed by atoms with Gasteiger partial charge in [-0.05, 0) is 48.0 Å². The van der Waals surface area contributed by atoms with Crippen molar-refractivity contribution in [3.05, 3.63) is 104 Å². The molecule has 9 nitrogen and oxygen atoms in total. The van der Waals surface area contributed by atoms with Gasteiger partial charge in [0.2, 0.25) is 0 Å². The molecule has 0 aliphatic heterocycles. The maximum absolute atomic E-state index is 12.8. The molecule has 0 bridgehead atoms. The average Bonchev–Trinajstić information content (AvgIpc) is 3.28. The van der Waals surface area contributed by atoms with Crippen LogP contribution in [0.3, 0.4) is 0 Å². The van der Waals surface area contributed by atoms with Crippen molar-refractivity contribution in [2.75, 3.05) is 0 Å². The van der Waals surface area contributed by atoms with Crippen molar-refractivity contribution in [1.29, 1.82) is 0 Å². The Morgan fingerprint density at radius 1 is 0.974 bits per heavy atom. The highest BCUT2D eigenvalue weighted by Crippen LogP contribution is 2.33. The van der Waals surface area contributed by atoms with Gasteiger partial charge < -0.3 is 14.6 Å². The van der Waals surface area contributed by atoms with Crippen LogP contribution in [0.2, 0.25) is 20.1 Å². The topological polar surface area (TPSA) is 128 Å². The maximum Gasteiger partial charge on any atom is 0.349 e. The van der Waals surface area contributed by atoms with Gasteiger partial charge in [-0.3, -0.25) is 9.12 Å². The zero-order valence-electron chi connectivity index (χ0n) is 19.6. The molecule has 0 spiro atoms. The fourth-order valence-corrected chi connectivity index (χ4v) is 5.03. The van der Waals surface area contributed by atoms with Crippen LogP contribution < -0.4 is 4.74 Å². The molecule has 2 N–H and O–H groups in total. The second-order valence-corrected chi connectivity index (χ2v) is 11.2. The van der Waals surface area contributed by atoms with Gasteiger partial charge in [0.15, 0.2) is 0 Å². The molecule has 1 atom stereocenters. The molecule has 3 aromatic carbocycles. The number of imidazole rings is 1. The first-order valence-corrected chi connectivity index (χ1v) is 13.9. The monoisotopic (exact) mass is 630 g/mol. The molecule has 4 rings (SSSR count). The number of ether oxygens (including phenoxy) is 2. The number of halogens is 4. The predicted octanol–water partition coefficient (Wildman–Crippen LogP) is 6.63. The van der Waals surface area contributed by atoms with Crippen molar-refractivity contribution in [2.45, 2.75) is 24.2 Å². The molecule has 0 saturated carbocycles. The van der Waals surface area contributed by atoms with Crippen molar-refractivity contribution in [1.82, 2.24) is 9.55 Å². The summed E-state index contributed by atoms with van der Waals surface area (Å²) >= 11 is 24.8. The Bertz CT molecular complexity index is 1640. The summed E-state index contributed by atoms with van der Waals surface area (Å²) in [6.45, 7) is 0.145. The molecule has 39 heavy (non-hydrogen) atoms. The lowest BCUT2D eigenvalue weighted by Crippen LogP contribution is -2.17. The first kappa shape index (κ1) is 29.2. The van der Waals surface area contributed by atoms with Gasteiger partial charge in [0.05, 0.1) is 18.0 Å². The lowest BCUT2D eigenvalue weighted by atomic mass is 10.1. The molecule has 0 amide bonds. The maximum atomic E-state index is 12.8. The number of aromatic hydroxyl groups is 1. The molecular formula is C25H18Cl4N2O7S. The number of carbonyl (C=O) groups is 1. The number of phenols is 1. The third-order valence-corrected chi connectivity index (χ3v) is 7.47. The van der Waals surface area contributed by atoms with Gasteiger partial charge in [-0.15, -0.1) is 0 Å². The number of carbonyl (C=O) groups excluding carboxylic acids is 1. The molecule has 0 saturated heterocycles. The minimum atomic E-state index is -4.63. The highest BCUT2D eigenvalue weighted by Gasteiger charge is 2.23. The van der Waals surface area contributed by atoms with Crippen LogP contribution in [0, 0.1) is 0 Å². The average molecular weight is 632 g/mol. The lowest BCUT2D eigenvalue weighted by molar-refractivity contribution is 0.0260. The molecule has 4 aromatic rings. The van der Waals surface area contributed by atoms with Crippen molar-refractivity contribution in [2.24, 2.45) is 0 Å². The molecule has 1 aromatic heterocycles. The molecule has 204 valence electrons. The zero-order valence-corrected chi connectivity index (χ0v) is 23.4. The van der Waals surface area contributed by atoms with E-state index in [9.17, 15) is 22.9 Å². The number of hydrogen-bond acceptors (Lipinski definition) is 7. The molecule has 0 aliphatic carbocycles. The van der Waals surface area contributed by atoms with Crippen LogP contribution in [0.5, 0.6) is 11.8 Å². The molecule has 14 heteroatoms. The zero-order chi connectivity index (χ0) is 28.3. The second kappa shape index (κ2) is 12.1. The molecule has 1 unspecified atom stereocenters. The van der Waals surface area contributed by atoms with E-state index >= 15 is 0 Å². The largest absolute Gasteiger partial charge is 0.507 e. The summed E-state index contributed by atoms with van der Waals surface area (Å²) in [5.41, 5.74) is 0.754. The summed E-state index contributed by atoms with van der Waals surface area (Å²) in [4.78, 5) is 16.2. The number of esters is 1. The van der Waals surface area contributed by atoms with Crippen LogP contribution in [-0.2, 0) is 28.0 Å². The first-order valence-electron chi connectivity index (χ1n) is 11.0. The van der Waals surface area contributed by atoms with Crippen molar-refractivity contribution in [3.8, 4) is 11.8 Å². The van der Waals surface area contributed by atoms with Crippen LogP contribution in [0.25, 0.3) is 0 Å². The van der Waals surface area contributed by atoms with Crippen LogP contribution in [0.1, 0.15) is 27.6 Å². The molecule has 0 radical (unpaired) electrons. The third-order valence-electron chi connectivity index (χ3n) is 5.47. The first-order chi connectivity index (χ1) is 18.4. The Hall–Kier alpha value is -2.83. The quantitative estimate of drug-likeness (QED) is 0.156. The van der Waals surface area contributed by atoms with Crippen molar-refractivity contribution >= 4 is 62.5 Å². The van der Waals surface area contributed by atoms with E-state index in [0.717, 1.165) is 18.2 Å². The Balaban J connectivity index is 1.60. The minimum absolute atomic E-state index is 0.0617. The standard InChI is InChI=1S/C25H18Cl4N2O7S/c26-15-2-1-14(20(28)9-15)13-37-23(18-5-3-16(27)10-21(18)29)12-31-8-7-30-25(31)38-24(33)19-11-17(39(34,35)36)4-6-22(19)32/h1-11,23,32H,12-13H2,(H,34,35,36). The van der Waals surface area contributed by atoms with Gasteiger partial charge in [0.1, 0.15) is 17.4 Å². The number of aromatic nitrogens is 2. The van der Waals surface area contributed by atoms with Crippen LogP contribution >= 0.6 is 46.4 Å². The van der Waals surface area contributed by atoms with Gasteiger partial charge in [-0.1, -0.05) is 58.5 Å². The highest BCUT2D eigenvalue weighted by atomic mass is 35.5. The SMILES string of the molecule is O=C(Oc1nccn1CC(OCc1ccc(Cl)cc1Cl)c1ccc(Cl)cc1Cl)c1cc(S(=O)(=O)O)ccc1O. The Kier molecular flexibility index (Phi) is 9.07. The van der Waals surface area contributed by atoms with Crippen molar-refractivity contribution in [3.63, 3.8) is 0 Å². The fourth-order valence-electron chi connectivity index (χ4n) is 3.53. The number of hydrogen-bond donors (Lipinski definition) is 2. The number of phenolic OH excluding ortho intramolecular Hbond substituents is 1.